The van der Waals surface area contributed by atoms with Gasteiger partial charge in [-0.2, -0.15) is 0 Å². The van der Waals surface area contributed by atoms with Gasteiger partial charge >= 0.3 is 0 Å². The van der Waals surface area contributed by atoms with E-state index in [0.717, 1.165) is 14.5 Å². The van der Waals surface area contributed by atoms with Gasteiger partial charge in [0.25, 0.3) is 5.91 Å². The van der Waals surface area contributed by atoms with Gasteiger partial charge in [-0.15, -0.1) is 0 Å². The molecule has 0 saturated heterocycles. The second-order valence-corrected chi connectivity index (χ2v) is 5.34. The van der Waals surface area contributed by atoms with Crippen LogP contribution >= 0.6 is 31.9 Å². The van der Waals surface area contributed by atoms with Crippen molar-refractivity contribution in [1.82, 2.24) is 0 Å². The number of halogens is 2. The van der Waals surface area contributed by atoms with Crippen molar-refractivity contribution in [2.24, 2.45) is 0 Å². The minimum Gasteiger partial charge on any atom is -0.459 e. The lowest BCUT2D eigenvalue weighted by molar-refractivity contribution is 0.0996. The first-order valence-corrected chi connectivity index (χ1v) is 6.68. The molecule has 1 aromatic heterocycles. The fourth-order valence-electron chi connectivity index (χ4n) is 1.46. The minimum atomic E-state index is -0.299. The highest BCUT2D eigenvalue weighted by Gasteiger charge is 2.14. The summed E-state index contributed by atoms with van der Waals surface area (Å²) in [5, 5.41) is 2.77. The zero-order valence-corrected chi connectivity index (χ0v) is 12.6. The van der Waals surface area contributed by atoms with Crippen molar-refractivity contribution < 1.29 is 9.21 Å². The highest BCUT2D eigenvalue weighted by atomic mass is 79.9. The van der Waals surface area contributed by atoms with Gasteiger partial charge in [0.15, 0.2) is 5.76 Å². The van der Waals surface area contributed by atoms with E-state index in [4.69, 9.17) is 10.2 Å². The smallest absolute Gasteiger partial charge is 0.291 e. The Kier molecular flexibility index (Phi) is 3.77. The summed E-state index contributed by atoms with van der Waals surface area (Å²) >= 11 is 6.73. The molecule has 94 valence electrons. The van der Waals surface area contributed by atoms with Crippen LogP contribution in [0.2, 0.25) is 0 Å². The van der Waals surface area contributed by atoms with Gasteiger partial charge in [-0.25, -0.2) is 0 Å². The standard InChI is InChI=1S/C12H10Br2N2O2/c1-6-8(5-7(13)11(15)10(6)14)16-12(17)9-3-2-4-18-9/h2-5H,15H2,1H3,(H,16,17). The third-order valence-corrected chi connectivity index (χ3v) is 4.17. The van der Waals surface area contributed by atoms with Gasteiger partial charge in [-0.05, 0) is 62.5 Å². The molecule has 0 aliphatic rings. The van der Waals surface area contributed by atoms with Gasteiger partial charge in [0.05, 0.1) is 12.0 Å². The predicted molar refractivity (Wildman–Crippen MR) is 77.7 cm³/mol. The first kappa shape index (κ1) is 13.2. The average Bonchev–Trinajstić information content (AvgIpc) is 2.87. The van der Waals surface area contributed by atoms with Gasteiger partial charge in [0.2, 0.25) is 0 Å². The number of hydrogen-bond acceptors (Lipinski definition) is 3. The second kappa shape index (κ2) is 5.16. The Morgan fingerprint density at radius 2 is 2.17 bits per heavy atom. The number of hydrogen-bond donors (Lipinski definition) is 2. The molecule has 3 N–H and O–H groups in total. The van der Waals surface area contributed by atoms with Crippen molar-refractivity contribution >= 4 is 49.1 Å². The highest BCUT2D eigenvalue weighted by Crippen LogP contribution is 2.36. The number of rotatable bonds is 2. The fourth-order valence-corrected chi connectivity index (χ4v) is 2.58. The van der Waals surface area contributed by atoms with Crippen LogP contribution in [-0.4, -0.2) is 5.91 Å². The van der Waals surface area contributed by atoms with Crippen LogP contribution < -0.4 is 11.1 Å². The van der Waals surface area contributed by atoms with Crippen molar-refractivity contribution in [2.45, 2.75) is 6.92 Å². The quantitative estimate of drug-likeness (QED) is 0.783. The van der Waals surface area contributed by atoms with E-state index >= 15 is 0 Å². The summed E-state index contributed by atoms with van der Waals surface area (Å²) in [6.07, 6.45) is 1.45. The molecule has 0 bridgehead atoms. The van der Waals surface area contributed by atoms with E-state index < -0.39 is 0 Å². The van der Waals surface area contributed by atoms with Crippen LogP contribution in [0.1, 0.15) is 16.1 Å². The molecule has 4 nitrogen and oxygen atoms in total. The van der Waals surface area contributed by atoms with E-state index in [1.165, 1.54) is 6.26 Å². The molecular formula is C12H10Br2N2O2. The molecule has 0 spiro atoms. The van der Waals surface area contributed by atoms with Gasteiger partial charge in [0.1, 0.15) is 0 Å². The van der Waals surface area contributed by atoms with Crippen LogP contribution in [0.15, 0.2) is 37.8 Å². The van der Waals surface area contributed by atoms with Crippen LogP contribution in [0, 0.1) is 6.92 Å². The SMILES string of the molecule is Cc1c(NC(=O)c2ccco2)cc(Br)c(N)c1Br. The monoisotopic (exact) mass is 372 g/mol. The Morgan fingerprint density at radius 1 is 1.44 bits per heavy atom. The Balaban J connectivity index is 2.33. The Bertz CT molecular complexity index is 595. The third-order valence-electron chi connectivity index (χ3n) is 2.49. The second-order valence-electron chi connectivity index (χ2n) is 3.69. The Hall–Kier alpha value is -1.27. The molecule has 2 rings (SSSR count). The molecule has 0 fully saturated rings. The molecule has 0 aliphatic carbocycles. The van der Waals surface area contributed by atoms with E-state index in [9.17, 15) is 4.79 Å². The summed E-state index contributed by atoms with van der Waals surface area (Å²) in [6, 6.07) is 5.03. The third kappa shape index (κ3) is 2.44. The molecule has 0 aliphatic heterocycles. The van der Waals surface area contributed by atoms with Crippen LogP contribution in [-0.2, 0) is 0 Å². The maximum absolute atomic E-state index is 11.9. The van der Waals surface area contributed by atoms with Gasteiger partial charge < -0.3 is 15.5 Å². The van der Waals surface area contributed by atoms with Crippen LogP contribution in [0.3, 0.4) is 0 Å². The lowest BCUT2D eigenvalue weighted by atomic mass is 10.1. The van der Waals surface area contributed by atoms with Crippen molar-refractivity contribution in [2.75, 3.05) is 11.1 Å². The number of nitrogens with one attached hydrogen (secondary N) is 1. The molecule has 0 radical (unpaired) electrons. The number of anilines is 2. The summed E-state index contributed by atoms with van der Waals surface area (Å²) in [7, 11) is 0. The highest BCUT2D eigenvalue weighted by molar-refractivity contribution is 9.11. The number of nitrogen functional groups attached to an aromatic ring is 1. The summed E-state index contributed by atoms with van der Waals surface area (Å²) < 4.78 is 6.50. The van der Waals surface area contributed by atoms with Gasteiger partial charge in [0, 0.05) is 14.6 Å². The van der Waals surface area contributed by atoms with Crippen LogP contribution in [0.25, 0.3) is 0 Å². The Labute approximate surface area is 121 Å². The molecule has 18 heavy (non-hydrogen) atoms. The van der Waals surface area contributed by atoms with E-state index in [1.54, 1.807) is 18.2 Å². The normalized spacial score (nSPS) is 10.4. The van der Waals surface area contributed by atoms with Crippen LogP contribution in [0.5, 0.6) is 0 Å². The summed E-state index contributed by atoms with van der Waals surface area (Å²) in [4.78, 5) is 11.9. The van der Waals surface area contributed by atoms with E-state index in [1.807, 2.05) is 6.92 Å². The molecule has 0 saturated carbocycles. The number of carbonyl (C=O) groups is 1. The van der Waals surface area contributed by atoms with Gasteiger partial charge in [-0.1, -0.05) is 0 Å². The van der Waals surface area contributed by atoms with Crippen molar-refractivity contribution in [3.63, 3.8) is 0 Å². The van der Waals surface area contributed by atoms with E-state index in [0.29, 0.717) is 11.4 Å². The average molecular weight is 374 g/mol. The lowest BCUT2D eigenvalue weighted by Gasteiger charge is -2.12. The zero-order valence-electron chi connectivity index (χ0n) is 9.46. The molecular weight excluding hydrogens is 364 g/mol. The van der Waals surface area contributed by atoms with Crippen molar-refractivity contribution in [3.8, 4) is 0 Å². The van der Waals surface area contributed by atoms with E-state index in [-0.39, 0.29) is 11.7 Å². The fraction of sp³-hybridized carbons (Fsp3) is 0.0833. The first-order chi connectivity index (χ1) is 8.50. The van der Waals surface area contributed by atoms with Crippen molar-refractivity contribution in [1.29, 1.82) is 0 Å². The maximum atomic E-state index is 11.9. The number of nitrogens with two attached hydrogens (primary N) is 1. The number of amides is 1. The maximum Gasteiger partial charge on any atom is 0.291 e. The molecule has 1 heterocycles. The lowest BCUT2D eigenvalue weighted by Crippen LogP contribution is -2.12. The minimum absolute atomic E-state index is 0.262. The molecule has 1 aromatic carbocycles. The number of benzene rings is 1. The largest absolute Gasteiger partial charge is 0.459 e. The van der Waals surface area contributed by atoms with Crippen molar-refractivity contribution in [3.05, 3.63) is 44.7 Å². The van der Waals surface area contributed by atoms with Crippen LogP contribution in [0.4, 0.5) is 11.4 Å². The first-order valence-electron chi connectivity index (χ1n) is 5.09. The summed E-state index contributed by atoms with van der Waals surface area (Å²) in [5.74, 6) is -0.0369. The number of furan rings is 1. The topological polar surface area (TPSA) is 68.3 Å². The zero-order chi connectivity index (χ0) is 13.3. The van der Waals surface area contributed by atoms with E-state index in [2.05, 4.69) is 37.2 Å². The number of carbonyl (C=O) groups excluding carboxylic acids is 1. The summed E-state index contributed by atoms with van der Waals surface area (Å²) in [5.41, 5.74) is 7.98. The Morgan fingerprint density at radius 3 is 2.78 bits per heavy atom. The van der Waals surface area contributed by atoms with Gasteiger partial charge in [-0.3, -0.25) is 4.79 Å². The molecule has 0 atom stereocenters. The summed E-state index contributed by atoms with van der Waals surface area (Å²) in [6.45, 7) is 1.87. The predicted octanol–water partition coefficient (Wildman–Crippen LogP) is 3.95. The molecule has 2 aromatic rings. The molecule has 6 heteroatoms. The molecule has 0 unspecified atom stereocenters. The molecule has 1 amide bonds.